The number of benzene rings is 2. The molecule has 0 spiro atoms. The Hall–Kier alpha value is -3.09. The molecule has 1 aromatic heterocycles. The van der Waals surface area contributed by atoms with Crippen LogP contribution in [0.15, 0.2) is 46.9 Å². The maximum atomic E-state index is 14.0. The minimum atomic E-state index is -1.45. The van der Waals surface area contributed by atoms with Crippen molar-refractivity contribution in [1.82, 2.24) is 4.98 Å². The fourth-order valence-electron chi connectivity index (χ4n) is 2.21. The number of halogens is 3. The number of carboxylic acids is 1. The first-order chi connectivity index (χ1) is 11.5. The first kappa shape index (κ1) is 15.8. The Labute approximate surface area is 134 Å². The number of rotatable bonds is 4. The van der Waals surface area contributed by atoms with Gasteiger partial charge in [-0.15, -0.1) is 0 Å². The van der Waals surface area contributed by atoms with Crippen LogP contribution < -0.4 is 5.11 Å². The molecule has 0 atom stereocenters. The highest BCUT2D eigenvalue weighted by molar-refractivity contribution is 5.73. The molecule has 3 aromatic rings. The normalized spacial score (nSPS) is 10.8. The van der Waals surface area contributed by atoms with Gasteiger partial charge in [-0.2, -0.15) is 0 Å². The van der Waals surface area contributed by atoms with Crippen molar-refractivity contribution in [2.75, 3.05) is 0 Å². The first-order valence-electron chi connectivity index (χ1n) is 6.85. The minimum absolute atomic E-state index is 0.0371. The molecule has 24 heavy (non-hydrogen) atoms. The van der Waals surface area contributed by atoms with E-state index in [0.29, 0.717) is 5.56 Å². The van der Waals surface area contributed by atoms with E-state index < -0.39 is 29.8 Å². The van der Waals surface area contributed by atoms with Gasteiger partial charge in [0.1, 0.15) is 5.82 Å². The van der Waals surface area contributed by atoms with E-state index in [4.69, 9.17) is 4.42 Å². The zero-order chi connectivity index (χ0) is 17.3. The minimum Gasteiger partial charge on any atom is -0.550 e. The number of aliphatic carboxylic acids is 1. The molecule has 0 radical (unpaired) electrons. The summed E-state index contributed by atoms with van der Waals surface area (Å²) in [7, 11) is 0. The van der Waals surface area contributed by atoms with Gasteiger partial charge in [-0.05, 0) is 36.4 Å². The van der Waals surface area contributed by atoms with Crippen LogP contribution in [0.25, 0.3) is 22.8 Å². The van der Waals surface area contributed by atoms with Gasteiger partial charge in [-0.3, -0.25) is 0 Å². The van der Waals surface area contributed by atoms with E-state index in [1.807, 2.05) is 0 Å². The second kappa shape index (κ2) is 6.19. The standard InChI is InChI=1S/C17H10F3NO3/c18-10-6-4-9(5-7-10)17-21-13(8-14(22)23)16(24-17)11-2-1-3-12(19)15(11)20/h1-7H,8H2,(H,22,23)/p-1. The van der Waals surface area contributed by atoms with Crippen molar-refractivity contribution >= 4 is 5.97 Å². The third kappa shape index (κ3) is 3.01. The zero-order valence-electron chi connectivity index (χ0n) is 12.1. The lowest BCUT2D eigenvalue weighted by atomic mass is 10.1. The first-order valence-corrected chi connectivity index (χ1v) is 6.85. The topological polar surface area (TPSA) is 66.2 Å². The second-order valence-electron chi connectivity index (χ2n) is 4.95. The fourth-order valence-corrected chi connectivity index (χ4v) is 2.21. The van der Waals surface area contributed by atoms with Gasteiger partial charge in [-0.1, -0.05) is 6.07 Å². The van der Waals surface area contributed by atoms with Crippen LogP contribution in [0.1, 0.15) is 5.69 Å². The van der Waals surface area contributed by atoms with Crippen LogP contribution in [0, 0.1) is 17.5 Å². The number of hydrogen-bond acceptors (Lipinski definition) is 4. The highest BCUT2D eigenvalue weighted by Crippen LogP contribution is 2.32. The zero-order valence-corrected chi connectivity index (χ0v) is 12.1. The van der Waals surface area contributed by atoms with Crippen molar-refractivity contribution in [3.63, 3.8) is 0 Å². The van der Waals surface area contributed by atoms with Crippen molar-refractivity contribution < 1.29 is 27.5 Å². The average Bonchev–Trinajstić information content (AvgIpc) is 2.93. The highest BCUT2D eigenvalue weighted by Gasteiger charge is 2.21. The summed E-state index contributed by atoms with van der Waals surface area (Å²) in [5.41, 5.74) is -0.00926. The van der Waals surface area contributed by atoms with Gasteiger partial charge in [0.2, 0.25) is 5.89 Å². The molecule has 7 heteroatoms. The predicted molar refractivity (Wildman–Crippen MR) is 76.0 cm³/mol. The van der Waals surface area contributed by atoms with E-state index in [1.54, 1.807) is 0 Å². The van der Waals surface area contributed by atoms with E-state index in [9.17, 15) is 23.1 Å². The maximum absolute atomic E-state index is 14.0. The average molecular weight is 332 g/mol. The molecular weight excluding hydrogens is 323 g/mol. The Kier molecular flexibility index (Phi) is 4.07. The summed E-state index contributed by atoms with van der Waals surface area (Å²) < 4.78 is 45.8. The molecule has 122 valence electrons. The molecule has 0 saturated carbocycles. The van der Waals surface area contributed by atoms with E-state index in [2.05, 4.69) is 4.98 Å². The Morgan fingerprint density at radius 1 is 1.08 bits per heavy atom. The van der Waals surface area contributed by atoms with Crippen molar-refractivity contribution in [3.05, 3.63) is 65.6 Å². The summed E-state index contributed by atoms with van der Waals surface area (Å²) in [6.45, 7) is 0. The largest absolute Gasteiger partial charge is 0.550 e. The summed E-state index contributed by atoms with van der Waals surface area (Å²) >= 11 is 0. The number of hydrogen-bond donors (Lipinski definition) is 0. The van der Waals surface area contributed by atoms with Crippen molar-refractivity contribution in [3.8, 4) is 22.8 Å². The van der Waals surface area contributed by atoms with Gasteiger partial charge >= 0.3 is 0 Å². The van der Waals surface area contributed by atoms with Gasteiger partial charge in [0.05, 0.1) is 11.3 Å². The van der Waals surface area contributed by atoms with Crippen LogP contribution in [0.4, 0.5) is 13.2 Å². The van der Waals surface area contributed by atoms with E-state index in [0.717, 1.165) is 6.07 Å². The van der Waals surface area contributed by atoms with Gasteiger partial charge in [0, 0.05) is 18.0 Å². The number of carbonyl (C=O) groups is 1. The quantitative estimate of drug-likeness (QED) is 0.737. The molecule has 3 rings (SSSR count). The Morgan fingerprint density at radius 2 is 1.79 bits per heavy atom. The van der Waals surface area contributed by atoms with Crippen LogP contribution >= 0.6 is 0 Å². The molecule has 1 heterocycles. The fraction of sp³-hybridized carbons (Fsp3) is 0.0588. The smallest absolute Gasteiger partial charge is 0.227 e. The molecule has 0 fully saturated rings. The summed E-state index contributed by atoms with van der Waals surface area (Å²) in [6.07, 6.45) is -0.643. The van der Waals surface area contributed by atoms with Gasteiger partial charge in [0.15, 0.2) is 17.4 Å². The molecule has 0 saturated heterocycles. The number of aromatic nitrogens is 1. The summed E-state index contributed by atoms with van der Waals surface area (Å²) in [6, 6.07) is 8.50. The van der Waals surface area contributed by atoms with Gasteiger partial charge < -0.3 is 14.3 Å². The molecule has 0 bridgehead atoms. The lowest BCUT2D eigenvalue weighted by molar-refractivity contribution is -0.304. The van der Waals surface area contributed by atoms with Crippen LogP contribution in [-0.4, -0.2) is 11.0 Å². The molecule has 0 aliphatic carbocycles. The lowest BCUT2D eigenvalue weighted by Crippen LogP contribution is -2.24. The second-order valence-corrected chi connectivity index (χ2v) is 4.95. The summed E-state index contributed by atoms with van der Waals surface area (Å²) in [5.74, 6) is -4.46. The molecule has 4 nitrogen and oxygen atoms in total. The van der Waals surface area contributed by atoms with Crippen molar-refractivity contribution in [1.29, 1.82) is 0 Å². The van der Waals surface area contributed by atoms with Crippen LogP contribution in [0.3, 0.4) is 0 Å². The number of carbonyl (C=O) groups excluding carboxylic acids is 1. The Morgan fingerprint density at radius 3 is 2.46 bits per heavy atom. The molecule has 0 N–H and O–H groups in total. The third-order valence-corrected chi connectivity index (χ3v) is 3.30. The number of nitrogens with zero attached hydrogens (tertiary/aromatic N) is 1. The van der Waals surface area contributed by atoms with Crippen LogP contribution in [0.2, 0.25) is 0 Å². The number of carboxylic acid groups (broad SMARTS) is 1. The van der Waals surface area contributed by atoms with Crippen LogP contribution in [0.5, 0.6) is 0 Å². The summed E-state index contributed by atoms with van der Waals surface area (Å²) in [4.78, 5) is 14.9. The molecule has 0 unspecified atom stereocenters. The summed E-state index contributed by atoms with van der Waals surface area (Å²) in [5, 5.41) is 10.9. The Balaban J connectivity index is 2.15. The molecule has 2 aromatic carbocycles. The van der Waals surface area contributed by atoms with Crippen LogP contribution in [-0.2, 0) is 11.2 Å². The van der Waals surface area contributed by atoms with E-state index in [-0.39, 0.29) is 22.9 Å². The van der Waals surface area contributed by atoms with Gasteiger partial charge in [-0.25, -0.2) is 18.2 Å². The monoisotopic (exact) mass is 332 g/mol. The molecule has 0 amide bonds. The third-order valence-electron chi connectivity index (χ3n) is 3.30. The van der Waals surface area contributed by atoms with Gasteiger partial charge in [0.25, 0.3) is 0 Å². The van der Waals surface area contributed by atoms with Crippen molar-refractivity contribution in [2.45, 2.75) is 6.42 Å². The molecule has 0 aliphatic rings. The molecule has 0 aliphatic heterocycles. The lowest BCUT2D eigenvalue weighted by Gasteiger charge is -2.03. The SMILES string of the molecule is O=C([O-])Cc1nc(-c2ccc(F)cc2)oc1-c1cccc(F)c1F. The number of oxazole rings is 1. The highest BCUT2D eigenvalue weighted by atomic mass is 19.2. The van der Waals surface area contributed by atoms with E-state index in [1.165, 1.54) is 36.4 Å². The molecular formula is C17H9F3NO3-. The van der Waals surface area contributed by atoms with E-state index >= 15 is 0 Å². The van der Waals surface area contributed by atoms with Crippen molar-refractivity contribution in [2.24, 2.45) is 0 Å². The predicted octanol–water partition coefficient (Wildman–Crippen LogP) is 2.72. The Bertz CT molecular complexity index is 904. The maximum Gasteiger partial charge on any atom is 0.227 e.